The van der Waals surface area contributed by atoms with Crippen LogP contribution in [0.4, 0.5) is 0 Å². The molecule has 0 N–H and O–H groups in total. The lowest BCUT2D eigenvalue weighted by atomic mass is 10.3. The van der Waals surface area contributed by atoms with Crippen molar-refractivity contribution < 1.29 is 4.79 Å². The van der Waals surface area contributed by atoms with Crippen LogP contribution in [0, 0.1) is 0 Å². The average Bonchev–Trinajstić information content (AvgIpc) is 2.68. The number of aldehydes is 1. The molecule has 0 aliphatic carbocycles. The molecule has 0 atom stereocenters. The van der Waals surface area contributed by atoms with E-state index in [1.807, 2.05) is 18.2 Å². The number of nitrogens with zero attached hydrogens (tertiary/aromatic N) is 3. The van der Waals surface area contributed by atoms with Crippen molar-refractivity contribution in [2.24, 2.45) is 0 Å². The van der Waals surface area contributed by atoms with E-state index in [1.165, 1.54) is 0 Å². The second-order valence-corrected chi connectivity index (χ2v) is 2.78. The van der Waals surface area contributed by atoms with Crippen molar-refractivity contribution in [3.8, 4) is 11.5 Å². The zero-order valence-electron chi connectivity index (χ0n) is 7.50. The van der Waals surface area contributed by atoms with Crippen molar-refractivity contribution in [1.82, 2.24) is 14.5 Å². The van der Waals surface area contributed by atoms with Gasteiger partial charge in [-0.3, -0.25) is 4.98 Å². The minimum atomic E-state index is 0.311. The monoisotopic (exact) mass is 187 g/mol. The largest absolute Gasteiger partial charge is 0.323 e. The van der Waals surface area contributed by atoms with Crippen LogP contribution in [-0.2, 0) is 11.3 Å². The van der Waals surface area contributed by atoms with E-state index in [4.69, 9.17) is 0 Å². The molecule has 2 rings (SSSR count). The summed E-state index contributed by atoms with van der Waals surface area (Å²) in [5, 5.41) is 0. The Morgan fingerprint density at radius 2 is 2.21 bits per heavy atom. The van der Waals surface area contributed by atoms with E-state index in [9.17, 15) is 4.79 Å². The Labute approximate surface area is 81.2 Å². The van der Waals surface area contributed by atoms with E-state index in [2.05, 4.69) is 9.97 Å². The first-order valence-electron chi connectivity index (χ1n) is 4.28. The number of hydrogen-bond donors (Lipinski definition) is 0. The van der Waals surface area contributed by atoms with Crippen LogP contribution in [-0.4, -0.2) is 20.8 Å². The second-order valence-electron chi connectivity index (χ2n) is 2.78. The molecule has 0 saturated carbocycles. The molecule has 0 spiro atoms. The maximum Gasteiger partial charge on any atom is 0.159 e. The molecule has 2 aromatic rings. The van der Waals surface area contributed by atoms with E-state index in [0.717, 1.165) is 17.8 Å². The molecule has 0 saturated heterocycles. The summed E-state index contributed by atoms with van der Waals surface area (Å²) in [6, 6.07) is 5.60. The van der Waals surface area contributed by atoms with Gasteiger partial charge in [0.25, 0.3) is 0 Å². The standard InChI is InChI=1S/C10H9N3O/c14-8-7-13-6-5-12-10(13)9-3-1-2-4-11-9/h1-6,8H,7H2. The van der Waals surface area contributed by atoms with Crippen LogP contribution in [0.3, 0.4) is 0 Å². The normalized spacial score (nSPS) is 10.0. The lowest BCUT2D eigenvalue weighted by Gasteiger charge is -2.01. The first-order chi connectivity index (χ1) is 6.92. The van der Waals surface area contributed by atoms with Crippen LogP contribution in [0.15, 0.2) is 36.8 Å². The van der Waals surface area contributed by atoms with Gasteiger partial charge >= 0.3 is 0 Å². The van der Waals surface area contributed by atoms with Gasteiger partial charge in [0.15, 0.2) is 5.82 Å². The van der Waals surface area contributed by atoms with Crippen molar-refractivity contribution in [1.29, 1.82) is 0 Å². The van der Waals surface area contributed by atoms with Gasteiger partial charge in [0.2, 0.25) is 0 Å². The summed E-state index contributed by atoms with van der Waals surface area (Å²) in [4.78, 5) is 18.7. The van der Waals surface area contributed by atoms with Gasteiger partial charge in [-0.25, -0.2) is 4.98 Å². The predicted molar refractivity (Wildman–Crippen MR) is 51.5 cm³/mol. The van der Waals surface area contributed by atoms with Crippen LogP contribution in [0.5, 0.6) is 0 Å². The number of carbonyl (C=O) groups excluding carboxylic acids is 1. The lowest BCUT2D eigenvalue weighted by Crippen LogP contribution is -2.00. The van der Waals surface area contributed by atoms with Crippen LogP contribution in [0.1, 0.15) is 0 Å². The van der Waals surface area contributed by atoms with Gasteiger partial charge < -0.3 is 9.36 Å². The van der Waals surface area contributed by atoms with Gasteiger partial charge in [-0.1, -0.05) is 6.07 Å². The first-order valence-corrected chi connectivity index (χ1v) is 4.28. The average molecular weight is 187 g/mol. The summed E-state index contributed by atoms with van der Waals surface area (Å²) in [6.45, 7) is 0.311. The molecule has 14 heavy (non-hydrogen) atoms. The van der Waals surface area contributed by atoms with Crippen molar-refractivity contribution in [2.45, 2.75) is 6.54 Å². The third-order valence-electron chi connectivity index (χ3n) is 1.88. The SMILES string of the molecule is O=CCn1ccnc1-c1ccccn1. The number of pyridine rings is 1. The Bertz CT molecular complexity index is 422. The van der Waals surface area contributed by atoms with E-state index in [-0.39, 0.29) is 0 Å². The zero-order chi connectivity index (χ0) is 9.80. The number of imidazole rings is 1. The van der Waals surface area contributed by atoms with Crippen molar-refractivity contribution in [3.05, 3.63) is 36.8 Å². The van der Waals surface area contributed by atoms with E-state index in [0.29, 0.717) is 6.54 Å². The number of rotatable bonds is 3. The Balaban J connectivity index is 2.41. The fraction of sp³-hybridized carbons (Fsp3) is 0.100. The number of carbonyl (C=O) groups is 1. The fourth-order valence-electron chi connectivity index (χ4n) is 1.27. The highest BCUT2D eigenvalue weighted by atomic mass is 16.1. The summed E-state index contributed by atoms with van der Waals surface area (Å²) in [5.74, 6) is 0.720. The van der Waals surface area contributed by atoms with Gasteiger partial charge in [-0.15, -0.1) is 0 Å². The molecule has 0 fully saturated rings. The van der Waals surface area contributed by atoms with Gasteiger partial charge in [0.05, 0.1) is 6.54 Å². The molecule has 0 radical (unpaired) electrons. The minimum Gasteiger partial charge on any atom is -0.323 e. The van der Waals surface area contributed by atoms with Crippen molar-refractivity contribution in [3.63, 3.8) is 0 Å². The molecule has 4 heteroatoms. The summed E-state index contributed by atoms with van der Waals surface area (Å²) >= 11 is 0. The van der Waals surface area contributed by atoms with E-state index in [1.54, 1.807) is 23.2 Å². The topological polar surface area (TPSA) is 47.8 Å². The van der Waals surface area contributed by atoms with Gasteiger partial charge in [-0.05, 0) is 12.1 Å². The van der Waals surface area contributed by atoms with E-state index >= 15 is 0 Å². The summed E-state index contributed by atoms with van der Waals surface area (Å²) in [6.07, 6.45) is 5.97. The minimum absolute atomic E-state index is 0.311. The molecule has 0 amide bonds. The third-order valence-corrected chi connectivity index (χ3v) is 1.88. The number of aromatic nitrogens is 3. The fourth-order valence-corrected chi connectivity index (χ4v) is 1.27. The Morgan fingerprint density at radius 3 is 2.93 bits per heavy atom. The predicted octanol–water partition coefficient (Wildman–Crippen LogP) is 1.14. The molecule has 0 aliphatic heterocycles. The van der Waals surface area contributed by atoms with Gasteiger partial charge in [-0.2, -0.15) is 0 Å². The zero-order valence-corrected chi connectivity index (χ0v) is 7.50. The van der Waals surface area contributed by atoms with Crippen molar-refractivity contribution in [2.75, 3.05) is 0 Å². The maximum atomic E-state index is 10.4. The highest BCUT2D eigenvalue weighted by molar-refractivity contribution is 5.54. The third kappa shape index (κ3) is 1.54. The molecule has 0 aromatic carbocycles. The smallest absolute Gasteiger partial charge is 0.159 e. The molecule has 4 nitrogen and oxygen atoms in total. The molecule has 2 aromatic heterocycles. The molecular weight excluding hydrogens is 178 g/mol. The Morgan fingerprint density at radius 1 is 1.29 bits per heavy atom. The maximum absolute atomic E-state index is 10.4. The molecular formula is C10H9N3O. The second kappa shape index (κ2) is 3.83. The first kappa shape index (κ1) is 8.62. The molecule has 2 heterocycles. The Hall–Kier alpha value is -1.97. The van der Waals surface area contributed by atoms with Crippen molar-refractivity contribution >= 4 is 6.29 Å². The molecule has 0 aliphatic rings. The van der Waals surface area contributed by atoms with Gasteiger partial charge in [0.1, 0.15) is 12.0 Å². The highest BCUT2D eigenvalue weighted by Gasteiger charge is 2.04. The molecule has 0 unspecified atom stereocenters. The Kier molecular flexibility index (Phi) is 2.36. The van der Waals surface area contributed by atoms with Gasteiger partial charge in [0, 0.05) is 18.6 Å². The summed E-state index contributed by atoms with van der Waals surface area (Å²) in [5.41, 5.74) is 0.777. The summed E-state index contributed by atoms with van der Waals surface area (Å²) in [7, 11) is 0. The van der Waals surface area contributed by atoms with E-state index < -0.39 is 0 Å². The number of hydrogen-bond acceptors (Lipinski definition) is 3. The molecule has 70 valence electrons. The quantitative estimate of drug-likeness (QED) is 0.677. The molecule has 0 bridgehead atoms. The van der Waals surface area contributed by atoms with Crippen LogP contribution in [0.2, 0.25) is 0 Å². The van der Waals surface area contributed by atoms with Crippen LogP contribution in [0.25, 0.3) is 11.5 Å². The van der Waals surface area contributed by atoms with Crippen LogP contribution < -0.4 is 0 Å². The lowest BCUT2D eigenvalue weighted by molar-refractivity contribution is -0.108. The highest BCUT2D eigenvalue weighted by Crippen LogP contribution is 2.12. The summed E-state index contributed by atoms with van der Waals surface area (Å²) < 4.78 is 1.76. The van der Waals surface area contributed by atoms with Crippen LogP contribution >= 0.6 is 0 Å².